The van der Waals surface area contributed by atoms with Gasteiger partial charge in [-0.15, -0.1) is 0 Å². The molecule has 1 aromatic rings. The largest absolute Gasteiger partial charge is 0.503 e. The smallest absolute Gasteiger partial charge is 0.309 e. The molecule has 0 fully saturated rings. The van der Waals surface area contributed by atoms with E-state index in [0.717, 1.165) is 0 Å². The minimum atomic E-state index is -0.682. The van der Waals surface area contributed by atoms with Gasteiger partial charge in [0.2, 0.25) is 0 Å². The van der Waals surface area contributed by atoms with E-state index in [-0.39, 0.29) is 35.6 Å². The molecule has 1 heterocycles. The minimum Gasteiger partial charge on any atom is -0.503 e. The van der Waals surface area contributed by atoms with Crippen LogP contribution in [0.25, 0.3) is 0 Å². The second-order valence-electron chi connectivity index (χ2n) is 7.82. The molecule has 0 aliphatic heterocycles. The Labute approximate surface area is 167 Å². The van der Waals surface area contributed by atoms with Crippen molar-refractivity contribution in [3.63, 3.8) is 0 Å². The molecule has 1 N–H and O–H groups in total. The molecule has 1 aromatic heterocycles. The van der Waals surface area contributed by atoms with Crippen molar-refractivity contribution >= 4 is 11.8 Å². The fourth-order valence-electron chi connectivity index (χ4n) is 2.73. The van der Waals surface area contributed by atoms with Gasteiger partial charge in [-0.1, -0.05) is 34.6 Å². The Kier molecular flexibility index (Phi) is 9.38. The third kappa shape index (κ3) is 6.78. The van der Waals surface area contributed by atoms with E-state index in [9.17, 15) is 14.7 Å². The average Bonchev–Trinajstić information content (AvgIpc) is 2.63. The van der Waals surface area contributed by atoms with E-state index < -0.39 is 23.8 Å². The first kappa shape index (κ1) is 23.9. The monoisotopic (exact) mass is 395 g/mol. The molecule has 0 aliphatic rings. The first-order valence-corrected chi connectivity index (χ1v) is 9.65. The van der Waals surface area contributed by atoms with Crippen LogP contribution in [0.15, 0.2) is 12.3 Å². The van der Waals surface area contributed by atoms with Crippen molar-refractivity contribution in [3.05, 3.63) is 18.0 Å². The number of rotatable bonds is 11. The number of esters is 1. The maximum Gasteiger partial charge on any atom is 0.309 e. The van der Waals surface area contributed by atoms with Crippen LogP contribution in [-0.4, -0.2) is 47.8 Å². The second-order valence-corrected chi connectivity index (χ2v) is 7.82. The molecule has 0 radical (unpaired) electrons. The number of ketones is 1. The van der Waals surface area contributed by atoms with Gasteiger partial charge in [0.15, 0.2) is 23.0 Å². The van der Waals surface area contributed by atoms with Crippen LogP contribution in [-0.2, 0) is 14.3 Å². The van der Waals surface area contributed by atoms with Gasteiger partial charge in [0, 0.05) is 25.3 Å². The highest BCUT2D eigenvalue weighted by Gasteiger charge is 2.30. The molecule has 158 valence electrons. The van der Waals surface area contributed by atoms with Crippen LogP contribution >= 0.6 is 0 Å². The number of hydrogen-bond donors (Lipinski definition) is 1. The lowest BCUT2D eigenvalue weighted by atomic mass is 10.00. The quantitative estimate of drug-likeness (QED) is 0.451. The summed E-state index contributed by atoms with van der Waals surface area (Å²) in [5.41, 5.74) is -0.118. The summed E-state index contributed by atoms with van der Waals surface area (Å²) in [5, 5.41) is 10.1. The average molecular weight is 395 g/mol. The Balaban J connectivity index is 2.76. The van der Waals surface area contributed by atoms with Crippen LogP contribution in [0, 0.1) is 17.8 Å². The minimum absolute atomic E-state index is 0.0677. The van der Waals surface area contributed by atoms with Gasteiger partial charge in [-0.3, -0.25) is 9.59 Å². The van der Waals surface area contributed by atoms with Gasteiger partial charge < -0.3 is 19.3 Å². The van der Waals surface area contributed by atoms with E-state index in [0.29, 0.717) is 12.5 Å². The molecule has 3 atom stereocenters. The number of pyridine rings is 1. The number of hydrogen-bond acceptors (Lipinski definition) is 7. The standard InChI is InChI=1S/C21H33NO6/c1-12(2)11-27-15(6)20(13(3)4)28-21(25)14(5)10-16(23)18-19(24)17(26-7)8-9-22-18/h8-9,12-15,20,24H,10-11H2,1-7H3/t14-,15+,20+/m1/s1. The van der Waals surface area contributed by atoms with Crippen molar-refractivity contribution in [1.29, 1.82) is 0 Å². The first-order valence-electron chi connectivity index (χ1n) is 9.65. The fraction of sp³-hybridized carbons (Fsp3) is 0.667. The topological polar surface area (TPSA) is 95.0 Å². The van der Waals surface area contributed by atoms with Gasteiger partial charge in [0.05, 0.1) is 19.1 Å². The molecule has 0 unspecified atom stereocenters. The zero-order chi connectivity index (χ0) is 21.4. The van der Waals surface area contributed by atoms with Crippen molar-refractivity contribution in [1.82, 2.24) is 4.98 Å². The molecule has 0 amide bonds. The summed E-state index contributed by atoms with van der Waals surface area (Å²) in [6.07, 6.45) is 0.584. The molecule has 7 heteroatoms. The van der Waals surface area contributed by atoms with E-state index in [1.54, 1.807) is 6.92 Å². The molecule has 0 saturated heterocycles. The zero-order valence-corrected chi connectivity index (χ0v) is 17.9. The maximum atomic E-state index is 12.5. The van der Waals surface area contributed by atoms with Crippen molar-refractivity contribution in [2.24, 2.45) is 17.8 Å². The first-order chi connectivity index (χ1) is 13.1. The lowest BCUT2D eigenvalue weighted by Gasteiger charge is -2.29. The van der Waals surface area contributed by atoms with E-state index in [1.807, 2.05) is 20.8 Å². The summed E-state index contributed by atoms with van der Waals surface area (Å²) < 4.78 is 16.4. The van der Waals surface area contributed by atoms with Crippen molar-refractivity contribution in [3.8, 4) is 11.5 Å². The Morgan fingerprint density at radius 3 is 2.32 bits per heavy atom. The summed E-state index contributed by atoms with van der Waals surface area (Å²) in [6, 6.07) is 1.45. The Morgan fingerprint density at radius 2 is 1.79 bits per heavy atom. The van der Waals surface area contributed by atoms with Gasteiger partial charge >= 0.3 is 5.97 Å². The maximum absolute atomic E-state index is 12.5. The number of methoxy groups -OCH3 is 1. The highest BCUT2D eigenvalue weighted by Crippen LogP contribution is 2.29. The molecule has 0 aromatic carbocycles. The second kappa shape index (κ2) is 11.0. The van der Waals surface area contributed by atoms with Gasteiger partial charge in [-0.05, 0) is 18.8 Å². The van der Waals surface area contributed by atoms with E-state index >= 15 is 0 Å². The van der Waals surface area contributed by atoms with Crippen LogP contribution in [0.2, 0.25) is 0 Å². The predicted octanol–water partition coefficient (Wildman–Crippen LogP) is 3.63. The normalized spacial score (nSPS) is 14.6. The van der Waals surface area contributed by atoms with Gasteiger partial charge in [-0.2, -0.15) is 0 Å². The molecule has 7 nitrogen and oxygen atoms in total. The van der Waals surface area contributed by atoms with Gasteiger partial charge in [0.25, 0.3) is 0 Å². The number of Topliss-reactive ketones (excluding diaryl/α,β-unsaturated/α-hetero) is 1. The van der Waals surface area contributed by atoms with E-state index in [1.165, 1.54) is 19.4 Å². The number of carbonyl (C=O) groups is 2. The van der Waals surface area contributed by atoms with Crippen molar-refractivity contribution in [2.45, 2.75) is 60.2 Å². The third-order valence-corrected chi connectivity index (χ3v) is 4.33. The van der Waals surface area contributed by atoms with Crippen molar-refractivity contribution < 1.29 is 28.9 Å². The lowest BCUT2D eigenvalue weighted by molar-refractivity contribution is -0.165. The van der Waals surface area contributed by atoms with Crippen LogP contribution in [0.4, 0.5) is 0 Å². The van der Waals surface area contributed by atoms with Crippen LogP contribution < -0.4 is 4.74 Å². The predicted molar refractivity (Wildman–Crippen MR) is 106 cm³/mol. The number of aromatic hydroxyl groups is 1. The molecule has 0 aliphatic carbocycles. The fourth-order valence-corrected chi connectivity index (χ4v) is 2.73. The van der Waals surface area contributed by atoms with Gasteiger partial charge in [-0.25, -0.2) is 4.98 Å². The Bertz CT molecular complexity index is 658. The highest BCUT2D eigenvalue weighted by atomic mass is 16.6. The number of aromatic nitrogens is 1. The summed E-state index contributed by atoms with van der Waals surface area (Å²) in [4.78, 5) is 28.9. The SMILES string of the molecule is COc1ccnc(C(=O)C[C@@H](C)C(=O)O[C@@H](C(C)C)[C@H](C)OCC(C)C)c1O. The molecule has 0 bridgehead atoms. The number of ether oxygens (including phenoxy) is 3. The molecule has 0 spiro atoms. The number of nitrogens with zero attached hydrogens (tertiary/aromatic N) is 1. The molecular formula is C21H33NO6. The molecular weight excluding hydrogens is 362 g/mol. The molecule has 28 heavy (non-hydrogen) atoms. The molecule has 1 rings (SSSR count). The van der Waals surface area contributed by atoms with Crippen LogP contribution in [0.5, 0.6) is 11.5 Å². The summed E-state index contributed by atoms with van der Waals surface area (Å²) in [6.45, 7) is 12.1. The van der Waals surface area contributed by atoms with Crippen LogP contribution in [0.3, 0.4) is 0 Å². The van der Waals surface area contributed by atoms with E-state index in [4.69, 9.17) is 14.2 Å². The third-order valence-electron chi connectivity index (χ3n) is 4.33. The highest BCUT2D eigenvalue weighted by molar-refractivity contribution is 5.99. The Hall–Kier alpha value is -2.15. The van der Waals surface area contributed by atoms with E-state index in [2.05, 4.69) is 18.8 Å². The summed E-state index contributed by atoms with van der Waals surface area (Å²) in [5.74, 6) is -1.33. The number of carbonyl (C=O) groups excluding carboxylic acids is 2. The Morgan fingerprint density at radius 1 is 1.14 bits per heavy atom. The van der Waals surface area contributed by atoms with Gasteiger partial charge in [0.1, 0.15) is 6.10 Å². The zero-order valence-electron chi connectivity index (χ0n) is 17.9. The summed E-state index contributed by atoms with van der Waals surface area (Å²) in [7, 11) is 1.39. The summed E-state index contributed by atoms with van der Waals surface area (Å²) >= 11 is 0. The van der Waals surface area contributed by atoms with Crippen LogP contribution in [0.1, 0.15) is 58.5 Å². The van der Waals surface area contributed by atoms with Crippen molar-refractivity contribution in [2.75, 3.05) is 13.7 Å². The molecule has 0 saturated carbocycles. The lowest BCUT2D eigenvalue weighted by Crippen LogP contribution is -2.38.